The zero-order chi connectivity index (χ0) is 13.0. The highest BCUT2D eigenvalue weighted by molar-refractivity contribution is 6.31. The summed E-state index contributed by atoms with van der Waals surface area (Å²) in [6, 6.07) is 7.79. The van der Waals surface area contributed by atoms with Crippen LogP contribution < -0.4 is 11.3 Å². The van der Waals surface area contributed by atoms with Crippen LogP contribution in [0.25, 0.3) is 0 Å². The van der Waals surface area contributed by atoms with Gasteiger partial charge in [0.2, 0.25) is 0 Å². The molecule has 0 bridgehead atoms. The van der Waals surface area contributed by atoms with Crippen LogP contribution >= 0.6 is 11.6 Å². The monoisotopic (exact) mass is 264 g/mol. The van der Waals surface area contributed by atoms with E-state index < -0.39 is 0 Å². The van der Waals surface area contributed by atoms with Crippen molar-refractivity contribution in [2.45, 2.75) is 18.9 Å². The fourth-order valence-electron chi connectivity index (χ4n) is 2.00. The summed E-state index contributed by atoms with van der Waals surface area (Å²) in [6.45, 7) is 0. The second-order valence-corrected chi connectivity index (χ2v) is 4.64. The van der Waals surface area contributed by atoms with Crippen LogP contribution in [0.5, 0.6) is 0 Å². The number of benzene rings is 1. The van der Waals surface area contributed by atoms with Gasteiger partial charge in [0.05, 0.1) is 0 Å². The van der Waals surface area contributed by atoms with Gasteiger partial charge >= 0.3 is 0 Å². The third-order valence-corrected chi connectivity index (χ3v) is 3.40. The Balaban J connectivity index is 2.07. The number of hydrogen-bond acceptors (Lipinski definition) is 3. The quantitative estimate of drug-likeness (QED) is 0.643. The molecule has 1 unspecified atom stereocenters. The van der Waals surface area contributed by atoms with Gasteiger partial charge in [-0.25, -0.2) is 4.98 Å². The molecule has 0 spiro atoms. The minimum Gasteiger partial charge on any atom is -0.338 e. The predicted octanol–water partition coefficient (Wildman–Crippen LogP) is 2.21. The first-order chi connectivity index (χ1) is 8.72. The van der Waals surface area contributed by atoms with Crippen LogP contribution in [0.3, 0.4) is 0 Å². The van der Waals surface area contributed by atoms with Crippen molar-refractivity contribution < 1.29 is 0 Å². The maximum atomic E-state index is 6.17. The Bertz CT molecular complexity index is 509. The number of hydrogen-bond donors (Lipinski definition) is 2. The Morgan fingerprint density at radius 1 is 1.44 bits per heavy atom. The standard InChI is InChI=1S/C13H17ClN4/c1-18-9-8-16-13(18)7-6-12(17-15)10-4-2-3-5-11(10)14/h2-5,8-9,12,17H,6-7,15H2,1H3. The summed E-state index contributed by atoms with van der Waals surface area (Å²) >= 11 is 6.17. The van der Waals surface area contributed by atoms with Crippen molar-refractivity contribution in [1.82, 2.24) is 15.0 Å². The highest BCUT2D eigenvalue weighted by atomic mass is 35.5. The van der Waals surface area contributed by atoms with E-state index >= 15 is 0 Å². The molecule has 2 rings (SSSR count). The molecule has 0 fully saturated rings. The van der Waals surface area contributed by atoms with Gasteiger partial charge in [0.25, 0.3) is 0 Å². The average Bonchev–Trinajstić information content (AvgIpc) is 2.78. The normalized spacial score (nSPS) is 12.6. The molecular formula is C13H17ClN4. The van der Waals surface area contributed by atoms with Gasteiger partial charge in [-0.1, -0.05) is 29.8 Å². The summed E-state index contributed by atoms with van der Waals surface area (Å²) < 4.78 is 2.01. The summed E-state index contributed by atoms with van der Waals surface area (Å²) in [4.78, 5) is 4.30. The van der Waals surface area contributed by atoms with Crippen molar-refractivity contribution in [2.24, 2.45) is 12.9 Å². The maximum Gasteiger partial charge on any atom is 0.108 e. The highest BCUT2D eigenvalue weighted by Crippen LogP contribution is 2.25. The van der Waals surface area contributed by atoms with E-state index in [4.69, 9.17) is 17.4 Å². The number of rotatable bonds is 5. The Hall–Kier alpha value is -1.36. The average molecular weight is 265 g/mol. The molecule has 3 N–H and O–H groups in total. The molecule has 96 valence electrons. The van der Waals surface area contributed by atoms with Crippen molar-refractivity contribution >= 4 is 11.6 Å². The molecule has 1 aromatic heterocycles. The zero-order valence-corrected chi connectivity index (χ0v) is 11.1. The van der Waals surface area contributed by atoms with E-state index in [1.807, 2.05) is 42.1 Å². The maximum absolute atomic E-state index is 6.17. The molecule has 0 saturated carbocycles. The minimum absolute atomic E-state index is 0.0374. The van der Waals surface area contributed by atoms with Crippen LogP contribution in [0.4, 0.5) is 0 Å². The number of nitrogens with two attached hydrogens (primary N) is 1. The molecule has 0 radical (unpaired) electrons. The lowest BCUT2D eigenvalue weighted by Crippen LogP contribution is -2.28. The van der Waals surface area contributed by atoms with Crippen molar-refractivity contribution in [3.05, 3.63) is 53.1 Å². The van der Waals surface area contributed by atoms with Gasteiger partial charge in [0.15, 0.2) is 0 Å². The lowest BCUT2D eigenvalue weighted by Gasteiger charge is -2.17. The van der Waals surface area contributed by atoms with E-state index in [1.54, 1.807) is 6.20 Å². The second-order valence-electron chi connectivity index (χ2n) is 4.23. The van der Waals surface area contributed by atoms with E-state index in [0.717, 1.165) is 29.3 Å². The second kappa shape index (κ2) is 6.00. The lowest BCUT2D eigenvalue weighted by molar-refractivity contribution is 0.506. The number of halogens is 1. The van der Waals surface area contributed by atoms with Crippen molar-refractivity contribution in [3.63, 3.8) is 0 Å². The number of hydrazine groups is 1. The molecule has 0 amide bonds. The molecule has 0 aliphatic heterocycles. The largest absolute Gasteiger partial charge is 0.338 e. The van der Waals surface area contributed by atoms with Crippen LogP contribution in [0, 0.1) is 0 Å². The fourth-order valence-corrected chi connectivity index (χ4v) is 2.26. The third-order valence-electron chi connectivity index (χ3n) is 3.06. The van der Waals surface area contributed by atoms with Crippen molar-refractivity contribution in [3.8, 4) is 0 Å². The Morgan fingerprint density at radius 2 is 2.22 bits per heavy atom. The summed E-state index contributed by atoms with van der Waals surface area (Å²) in [5, 5.41) is 0.736. The van der Waals surface area contributed by atoms with Gasteiger partial charge < -0.3 is 4.57 Å². The molecular weight excluding hydrogens is 248 g/mol. The van der Waals surface area contributed by atoms with Gasteiger partial charge in [0.1, 0.15) is 5.82 Å². The molecule has 1 aromatic carbocycles. The highest BCUT2D eigenvalue weighted by Gasteiger charge is 2.13. The molecule has 0 aliphatic rings. The topological polar surface area (TPSA) is 55.9 Å². The van der Waals surface area contributed by atoms with E-state index in [-0.39, 0.29) is 6.04 Å². The molecule has 2 aromatic rings. The molecule has 0 aliphatic carbocycles. The van der Waals surface area contributed by atoms with Gasteiger partial charge in [-0.3, -0.25) is 11.3 Å². The minimum atomic E-state index is 0.0374. The molecule has 1 heterocycles. The summed E-state index contributed by atoms with van der Waals surface area (Å²) in [5.74, 6) is 6.66. The first kappa shape index (κ1) is 13.1. The predicted molar refractivity (Wildman–Crippen MR) is 73.0 cm³/mol. The smallest absolute Gasteiger partial charge is 0.108 e. The molecule has 5 heteroatoms. The van der Waals surface area contributed by atoms with Crippen LogP contribution in [0.1, 0.15) is 23.9 Å². The van der Waals surface area contributed by atoms with Crippen molar-refractivity contribution in [2.75, 3.05) is 0 Å². The van der Waals surface area contributed by atoms with Crippen LogP contribution in [0.15, 0.2) is 36.7 Å². The first-order valence-electron chi connectivity index (χ1n) is 5.89. The van der Waals surface area contributed by atoms with E-state index in [2.05, 4.69) is 10.4 Å². The van der Waals surface area contributed by atoms with E-state index in [9.17, 15) is 0 Å². The Labute approximate surface area is 112 Å². The first-order valence-corrected chi connectivity index (χ1v) is 6.27. The van der Waals surface area contributed by atoms with Gasteiger partial charge in [0, 0.05) is 36.9 Å². The zero-order valence-electron chi connectivity index (χ0n) is 10.3. The fraction of sp³-hybridized carbons (Fsp3) is 0.308. The number of nitrogens with zero attached hydrogens (tertiary/aromatic N) is 2. The Kier molecular flexibility index (Phi) is 4.36. The molecule has 1 atom stereocenters. The summed E-state index contributed by atoms with van der Waals surface area (Å²) in [5.41, 5.74) is 3.84. The molecule has 18 heavy (non-hydrogen) atoms. The van der Waals surface area contributed by atoms with E-state index in [1.165, 1.54) is 0 Å². The van der Waals surface area contributed by atoms with Gasteiger partial charge in [-0.05, 0) is 18.1 Å². The number of aryl methyl sites for hydroxylation is 2. The van der Waals surface area contributed by atoms with Crippen LogP contribution in [-0.2, 0) is 13.5 Å². The summed E-state index contributed by atoms with van der Waals surface area (Å²) in [6.07, 6.45) is 5.44. The third kappa shape index (κ3) is 2.90. The van der Waals surface area contributed by atoms with Crippen LogP contribution in [-0.4, -0.2) is 9.55 Å². The van der Waals surface area contributed by atoms with Crippen molar-refractivity contribution in [1.29, 1.82) is 0 Å². The molecule has 0 saturated heterocycles. The number of aromatic nitrogens is 2. The number of imidazole rings is 1. The summed E-state index contributed by atoms with van der Waals surface area (Å²) in [7, 11) is 1.99. The Morgan fingerprint density at radius 3 is 2.83 bits per heavy atom. The van der Waals surface area contributed by atoms with Gasteiger partial charge in [-0.15, -0.1) is 0 Å². The van der Waals surface area contributed by atoms with Gasteiger partial charge in [-0.2, -0.15) is 0 Å². The molecule has 4 nitrogen and oxygen atoms in total. The van der Waals surface area contributed by atoms with E-state index in [0.29, 0.717) is 0 Å². The number of nitrogens with one attached hydrogen (secondary N) is 1. The SMILES string of the molecule is Cn1ccnc1CCC(NN)c1ccccc1Cl. The van der Waals surface area contributed by atoms with Crippen LogP contribution in [0.2, 0.25) is 5.02 Å². The lowest BCUT2D eigenvalue weighted by atomic mass is 10.0.